The van der Waals surface area contributed by atoms with Crippen molar-refractivity contribution in [2.75, 3.05) is 6.54 Å². The lowest BCUT2D eigenvalue weighted by atomic mass is 10.0. The zero-order valence-corrected chi connectivity index (χ0v) is 26.4. The van der Waals surface area contributed by atoms with Crippen molar-refractivity contribution in [1.82, 2.24) is 29.2 Å². The van der Waals surface area contributed by atoms with Crippen LogP contribution in [0, 0.1) is 13.8 Å². The number of halogens is 1. The standard InChI is InChI=1S/C34H32BrN7O2/c1-21-17-25(11-14-29(21)35)33(43)41-16-15-28-30(20-41)37-31(26(19-36)18-23-7-5-4-6-8-23)42(34(28)44)27-12-9-24(10-13-27)32-39-38-22(2)40(32)3/h4-14,17,19H,15-16,18,20,36H2,1-3H3. The van der Waals surface area contributed by atoms with Gasteiger partial charge >= 0.3 is 0 Å². The third kappa shape index (κ3) is 5.48. The number of hydrogen-bond donors (Lipinski definition) is 1. The summed E-state index contributed by atoms with van der Waals surface area (Å²) in [7, 11) is 1.92. The summed E-state index contributed by atoms with van der Waals surface area (Å²) in [6.07, 6.45) is 2.41. The minimum Gasteiger partial charge on any atom is -0.404 e. The first-order valence-electron chi connectivity index (χ1n) is 14.4. The molecule has 44 heavy (non-hydrogen) atoms. The van der Waals surface area contributed by atoms with Gasteiger partial charge in [0.15, 0.2) is 5.82 Å². The van der Waals surface area contributed by atoms with Gasteiger partial charge in [-0.3, -0.25) is 14.2 Å². The Balaban J connectivity index is 1.43. The predicted molar refractivity (Wildman–Crippen MR) is 174 cm³/mol. The zero-order chi connectivity index (χ0) is 31.0. The maximum Gasteiger partial charge on any atom is 0.261 e. The van der Waals surface area contributed by atoms with Crippen molar-refractivity contribution in [2.45, 2.75) is 33.2 Å². The fourth-order valence-electron chi connectivity index (χ4n) is 5.52. The van der Waals surface area contributed by atoms with Crippen LogP contribution >= 0.6 is 15.9 Å². The molecule has 0 aliphatic carbocycles. The Morgan fingerprint density at radius 2 is 1.77 bits per heavy atom. The number of aromatic nitrogens is 5. The number of carbonyl (C=O) groups is 1. The highest BCUT2D eigenvalue weighted by atomic mass is 79.9. The molecule has 0 bridgehead atoms. The van der Waals surface area contributed by atoms with E-state index in [9.17, 15) is 9.59 Å². The van der Waals surface area contributed by atoms with Gasteiger partial charge in [0.1, 0.15) is 11.6 Å². The second-order valence-corrected chi connectivity index (χ2v) is 11.8. The number of hydrogen-bond acceptors (Lipinski definition) is 6. The number of rotatable bonds is 6. The van der Waals surface area contributed by atoms with Crippen molar-refractivity contribution in [3.63, 3.8) is 0 Å². The van der Waals surface area contributed by atoms with Crippen LogP contribution in [0.2, 0.25) is 0 Å². The van der Waals surface area contributed by atoms with Crippen molar-refractivity contribution in [3.8, 4) is 17.1 Å². The van der Waals surface area contributed by atoms with E-state index in [1.54, 1.807) is 9.47 Å². The molecule has 0 spiro atoms. The Morgan fingerprint density at radius 3 is 2.43 bits per heavy atom. The van der Waals surface area contributed by atoms with E-state index in [4.69, 9.17) is 10.7 Å². The predicted octanol–water partition coefficient (Wildman–Crippen LogP) is 5.15. The number of benzene rings is 3. The number of allylic oxidation sites excluding steroid dienone is 1. The van der Waals surface area contributed by atoms with Crippen molar-refractivity contribution < 1.29 is 4.79 Å². The molecule has 0 unspecified atom stereocenters. The van der Waals surface area contributed by atoms with E-state index in [1.165, 1.54) is 6.20 Å². The van der Waals surface area contributed by atoms with Crippen LogP contribution in [0.5, 0.6) is 0 Å². The molecule has 1 aliphatic heterocycles. The highest BCUT2D eigenvalue weighted by Crippen LogP contribution is 2.26. The minimum absolute atomic E-state index is 0.0905. The van der Waals surface area contributed by atoms with Crippen LogP contribution in [0.4, 0.5) is 0 Å². The molecule has 1 aliphatic rings. The first-order valence-corrected chi connectivity index (χ1v) is 15.2. The molecule has 3 aromatic carbocycles. The van der Waals surface area contributed by atoms with Crippen molar-refractivity contribution in [1.29, 1.82) is 0 Å². The summed E-state index contributed by atoms with van der Waals surface area (Å²) in [5.41, 5.74) is 12.1. The molecular formula is C34H32BrN7O2. The molecule has 2 N–H and O–H groups in total. The topological polar surface area (TPSA) is 112 Å². The number of aryl methyl sites for hydroxylation is 2. The maximum atomic E-state index is 14.3. The van der Waals surface area contributed by atoms with Crippen molar-refractivity contribution >= 4 is 27.4 Å². The summed E-state index contributed by atoms with van der Waals surface area (Å²) in [6.45, 7) is 4.51. The van der Waals surface area contributed by atoms with Crippen molar-refractivity contribution in [3.05, 3.63) is 133 Å². The van der Waals surface area contributed by atoms with Gasteiger partial charge in [0.25, 0.3) is 11.5 Å². The van der Waals surface area contributed by atoms with Crippen LogP contribution in [0.1, 0.15) is 44.4 Å². The van der Waals surface area contributed by atoms with E-state index < -0.39 is 0 Å². The molecular weight excluding hydrogens is 618 g/mol. The lowest BCUT2D eigenvalue weighted by molar-refractivity contribution is 0.0731. The Bertz CT molecular complexity index is 1960. The SMILES string of the molecule is Cc1cc(C(=O)N2CCc3c(nc(C(=CN)Cc4ccccc4)n(-c4ccc(-c5nnc(C)n5C)cc4)c3=O)C2)ccc1Br. The molecule has 10 heteroatoms. The normalized spacial score (nSPS) is 13.2. The first-order chi connectivity index (χ1) is 21.2. The van der Waals surface area contributed by atoms with Gasteiger partial charge in [0.2, 0.25) is 0 Å². The van der Waals surface area contributed by atoms with Crippen LogP contribution in [0.3, 0.4) is 0 Å². The Labute approximate surface area is 263 Å². The average Bonchev–Trinajstić information content (AvgIpc) is 3.38. The van der Waals surface area contributed by atoms with E-state index in [-0.39, 0.29) is 18.0 Å². The van der Waals surface area contributed by atoms with Crippen molar-refractivity contribution in [2.24, 2.45) is 12.8 Å². The fraction of sp³-hybridized carbons (Fsp3) is 0.206. The van der Waals surface area contributed by atoms with Crippen LogP contribution in [0.15, 0.2) is 88.3 Å². The maximum absolute atomic E-state index is 14.3. The average molecular weight is 651 g/mol. The molecule has 222 valence electrons. The molecule has 0 saturated carbocycles. The first kappa shape index (κ1) is 29.3. The fourth-order valence-corrected chi connectivity index (χ4v) is 5.77. The van der Waals surface area contributed by atoms with E-state index in [0.29, 0.717) is 53.3 Å². The van der Waals surface area contributed by atoms with Gasteiger partial charge < -0.3 is 15.2 Å². The molecule has 5 aromatic rings. The second-order valence-electron chi connectivity index (χ2n) is 11.0. The molecule has 0 atom stereocenters. The lowest BCUT2D eigenvalue weighted by Gasteiger charge is -2.29. The summed E-state index contributed by atoms with van der Waals surface area (Å²) in [4.78, 5) is 34.6. The molecule has 6 rings (SSSR count). The largest absolute Gasteiger partial charge is 0.404 e. The summed E-state index contributed by atoms with van der Waals surface area (Å²) >= 11 is 3.51. The molecule has 1 amide bonds. The third-order valence-electron chi connectivity index (χ3n) is 8.13. The molecule has 9 nitrogen and oxygen atoms in total. The summed E-state index contributed by atoms with van der Waals surface area (Å²) in [5, 5.41) is 8.46. The minimum atomic E-state index is -0.161. The molecule has 0 saturated heterocycles. The van der Waals surface area contributed by atoms with Gasteiger partial charge in [-0.2, -0.15) is 0 Å². The van der Waals surface area contributed by atoms with Gasteiger partial charge in [-0.1, -0.05) is 46.3 Å². The summed E-state index contributed by atoms with van der Waals surface area (Å²) in [5.74, 6) is 1.91. The Kier molecular flexibility index (Phi) is 8.01. The van der Waals surface area contributed by atoms with Gasteiger partial charge in [0.05, 0.1) is 17.9 Å². The second kappa shape index (κ2) is 12.0. The van der Waals surface area contributed by atoms with E-state index in [2.05, 4.69) is 26.1 Å². The molecule has 2 aromatic heterocycles. The third-order valence-corrected chi connectivity index (χ3v) is 9.02. The smallest absolute Gasteiger partial charge is 0.261 e. The highest BCUT2D eigenvalue weighted by molar-refractivity contribution is 9.10. The van der Waals surface area contributed by atoms with Gasteiger partial charge in [-0.05, 0) is 73.9 Å². The van der Waals surface area contributed by atoms with E-state index in [1.807, 2.05) is 98.3 Å². The summed E-state index contributed by atoms with van der Waals surface area (Å²) in [6, 6.07) is 23.1. The number of nitrogens with two attached hydrogens (primary N) is 1. The number of nitrogens with zero attached hydrogens (tertiary/aromatic N) is 6. The van der Waals surface area contributed by atoms with Crippen LogP contribution in [-0.4, -0.2) is 41.7 Å². The molecule has 0 fully saturated rings. The van der Waals surface area contributed by atoms with Gasteiger partial charge in [-0.15, -0.1) is 10.2 Å². The molecule has 3 heterocycles. The Morgan fingerprint density at radius 1 is 1.02 bits per heavy atom. The molecule has 0 radical (unpaired) electrons. The van der Waals surface area contributed by atoms with E-state index in [0.717, 1.165) is 32.8 Å². The summed E-state index contributed by atoms with van der Waals surface area (Å²) < 4.78 is 4.51. The monoisotopic (exact) mass is 649 g/mol. The number of carbonyl (C=O) groups excluding carboxylic acids is 1. The van der Waals surface area contributed by atoms with E-state index >= 15 is 0 Å². The zero-order valence-electron chi connectivity index (χ0n) is 24.8. The number of fused-ring (bicyclic) bond motifs is 1. The van der Waals surface area contributed by atoms with Crippen LogP contribution in [0.25, 0.3) is 22.6 Å². The Hall–Kier alpha value is -4.83. The van der Waals surface area contributed by atoms with Crippen LogP contribution < -0.4 is 11.3 Å². The number of amides is 1. The van der Waals surface area contributed by atoms with Gasteiger partial charge in [0, 0.05) is 52.9 Å². The highest BCUT2D eigenvalue weighted by Gasteiger charge is 2.28. The van der Waals surface area contributed by atoms with Crippen LogP contribution in [-0.2, 0) is 26.4 Å². The quantitative estimate of drug-likeness (QED) is 0.272. The lowest BCUT2D eigenvalue weighted by Crippen LogP contribution is -2.41. The van der Waals surface area contributed by atoms with Gasteiger partial charge in [-0.25, -0.2) is 4.98 Å².